The number of hydrogen-bond acceptors (Lipinski definition) is 8. The average Bonchev–Trinajstić information content (AvgIpc) is 3.29. The van der Waals surface area contributed by atoms with Crippen LogP contribution in [0.4, 0.5) is 5.69 Å². The van der Waals surface area contributed by atoms with Gasteiger partial charge in [0.2, 0.25) is 17.7 Å². The third-order valence-corrected chi connectivity index (χ3v) is 6.11. The first kappa shape index (κ1) is 27.1. The number of anilines is 1. The van der Waals surface area contributed by atoms with Crippen molar-refractivity contribution in [1.29, 1.82) is 0 Å². The first-order valence-corrected chi connectivity index (χ1v) is 12.5. The van der Waals surface area contributed by atoms with Gasteiger partial charge in [0.05, 0.1) is 17.1 Å². The molecule has 0 unspecified atom stereocenters. The first-order valence-electron chi connectivity index (χ1n) is 12.1. The largest absolute Gasteiger partial charge is 0.490 e. The molecule has 2 amide bonds. The SMILES string of the molecule is CC(=O)OCCOc1ccc(C(=O)N2CC(=O)N(Cc3nnc(C(C)(C)C)o3)Cc3ccccc32)c(Cl)c1. The van der Waals surface area contributed by atoms with Crippen LogP contribution in [-0.4, -0.2) is 52.6 Å². The first-order chi connectivity index (χ1) is 18.0. The van der Waals surface area contributed by atoms with Gasteiger partial charge in [-0.15, -0.1) is 10.2 Å². The highest BCUT2D eigenvalue weighted by Gasteiger charge is 2.32. The fourth-order valence-corrected chi connectivity index (χ4v) is 4.13. The van der Waals surface area contributed by atoms with E-state index in [0.717, 1.165) is 5.56 Å². The number of hydrogen-bond donors (Lipinski definition) is 0. The van der Waals surface area contributed by atoms with Crippen LogP contribution in [0.3, 0.4) is 0 Å². The number of amides is 2. The molecule has 0 saturated heterocycles. The second-order valence-corrected chi connectivity index (χ2v) is 10.3. The normalized spacial score (nSPS) is 13.7. The fourth-order valence-electron chi connectivity index (χ4n) is 3.88. The zero-order valence-electron chi connectivity index (χ0n) is 21.7. The average molecular weight is 541 g/mol. The van der Waals surface area contributed by atoms with Gasteiger partial charge in [-0.3, -0.25) is 19.3 Å². The van der Waals surface area contributed by atoms with Crippen LogP contribution >= 0.6 is 11.6 Å². The maximum absolute atomic E-state index is 13.6. The molecule has 3 aromatic rings. The Morgan fingerprint density at radius 3 is 2.53 bits per heavy atom. The van der Waals surface area contributed by atoms with Crippen molar-refractivity contribution in [3.05, 3.63) is 70.4 Å². The van der Waals surface area contributed by atoms with E-state index in [1.165, 1.54) is 17.9 Å². The van der Waals surface area contributed by atoms with Crippen molar-refractivity contribution >= 4 is 35.1 Å². The van der Waals surface area contributed by atoms with Crippen LogP contribution in [-0.2, 0) is 32.8 Å². The van der Waals surface area contributed by atoms with Gasteiger partial charge in [0.15, 0.2) is 0 Å². The molecule has 0 spiro atoms. The molecule has 0 aliphatic carbocycles. The Morgan fingerprint density at radius 2 is 1.84 bits per heavy atom. The van der Waals surface area contributed by atoms with Gasteiger partial charge in [-0.25, -0.2) is 0 Å². The van der Waals surface area contributed by atoms with E-state index in [4.69, 9.17) is 25.5 Å². The zero-order chi connectivity index (χ0) is 27.4. The van der Waals surface area contributed by atoms with Gasteiger partial charge < -0.3 is 18.8 Å². The molecule has 0 atom stereocenters. The molecule has 0 N–H and O–H groups in total. The quantitative estimate of drug-likeness (QED) is 0.324. The number of carbonyl (C=O) groups excluding carboxylic acids is 3. The summed E-state index contributed by atoms with van der Waals surface area (Å²) in [4.78, 5) is 40.9. The highest BCUT2D eigenvalue weighted by Crippen LogP contribution is 2.31. The third kappa shape index (κ3) is 6.31. The minimum atomic E-state index is -0.420. The summed E-state index contributed by atoms with van der Waals surface area (Å²) in [7, 11) is 0. The van der Waals surface area contributed by atoms with E-state index >= 15 is 0 Å². The smallest absolute Gasteiger partial charge is 0.302 e. The Balaban J connectivity index is 1.53. The number of carbonyl (C=O) groups is 3. The number of benzene rings is 2. The van der Waals surface area contributed by atoms with Crippen LogP contribution in [0.1, 0.15) is 55.4 Å². The Bertz CT molecular complexity index is 1350. The number of rotatable bonds is 7. The van der Waals surface area contributed by atoms with Gasteiger partial charge in [-0.2, -0.15) is 0 Å². The van der Waals surface area contributed by atoms with Crippen molar-refractivity contribution < 1.29 is 28.3 Å². The minimum Gasteiger partial charge on any atom is -0.490 e. The van der Waals surface area contributed by atoms with Crippen molar-refractivity contribution in [2.45, 2.75) is 46.2 Å². The van der Waals surface area contributed by atoms with Crippen LogP contribution in [0.5, 0.6) is 5.75 Å². The number of ether oxygens (including phenoxy) is 2. The zero-order valence-corrected chi connectivity index (χ0v) is 22.4. The van der Waals surface area contributed by atoms with Gasteiger partial charge in [-0.05, 0) is 29.8 Å². The molecule has 0 bridgehead atoms. The number of para-hydroxylation sites is 1. The topological polar surface area (TPSA) is 115 Å². The number of aromatic nitrogens is 2. The Morgan fingerprint density at radius 1 is 1.08 bits per heavy atom. The molecule has 0 saturated carbocycles. The predicted octanol–water partition coefficient (Wildman–Crippen LogP) is 4.15. The molecule has 1 aliphatic heterocycles. The minimum absolute atomic E-state index is 0.0952. The Kier molecular flexibility index (Phi) is 8.01. The van der Waals surface area contributed by atoms with Crippen molar-refractivity contribution in [2.24, 2.45) is 0 Å². The van der Waals surface area contributed by atoms with Gasteiger partial charge in [0, 0.05) is 24.6 Å². The van der Waals surface area contributed by atoms with Crippen LogP contribution in [0.25, 0.3) is 0 Å². The molecule has 38 heavy (non-hydrogen) atoms. The Hall–Kier alpha value is -3.92. The van der Waals surface area contributed by atoms with E-state index in [1.807, 2.05) is 39.0 Å². The molecule has 1 aromatic heterocycles. The molecule has 200 valence electrons. The molecule has 4 rings (SSSR count). The molecule has 0 radical (unpaired) electrons. The molecular weight excluding hydrogens is 512 g/mol. The lowest BCUT2D eigenvalue weighted by atomic mass is 9.97. The molecule has 11 heteroatoms. The standard InChI is InChI=1S/C27H29ClN4O6/c1-17(33)36-11-12-37-19-9-10-20(21(28)13-19)25(35)32-16-24(34)31(14-18-7-5-6-8-22(18)32)15-23-29-30-26(38-23)27(2,3)4/h5-10,13H,11-12,14-16H2,1-4H3. The number of nitrogens with zero attached hydrogens (tertiary/aromatic N) is 4. The van der Waals surface area contributed by atoms with Crippen LogP contribution in [0.2, 0.25) is 5.02 Å². The number of halogens is 1. The number of fused-ring (bicyclic) bond motifs is 1. The van der Waals surface area contributed by atoms with Crippen LogP contribution in [0.15, 0.2) is 46.9 Å². The summed E-state index contributed by atoms with van der Waals surface area (Å²) >= 11 is 6.45. The summed E-state index contributed by atoms with van der Waals surface area (Å²) in [6.45, 7) is 7.66. The van der Waals surface area contributed by atoms with Gasteiger partial charge in [0.1, 0.15) is 25.5 Å². The van der Waals surface area contributed by atoms with E-state index < -0.39 is 11.9 Å². The van der Waals surface area contributed by atoms with Gasteiger partial charge in [0.25, 0.3) is 5.91 Å². The molecule has 2 aromatic carbocycles. The molecule has 0 fully saturated rings. The maximum atomic E-state index is 13.6. The van der Waals surface area contributed by atoms with Gasteiger partial charge >= 0.3 is 5.97 Å². The highest BCUT2D eigenvalue weighted by molar-refractivity contribution is 6.34. The molecule has 10 nitrogen and oxygen atoms in total. The van der Waals surface area contributed by atoms with E-state index in [-0.39, 0.29) is 54.8 Å². The predicted molar refractivity (Wildman–Crippen MR) is 139 cm³/mol. The lowest BCUT2D eigenvalue weighted by Crippen LogP contribution is -2.40. The van der Waals surface area contributed by atoms with Crippen molar-refractivity contribution in [3.8, 4) is 5.75 Å². The van der Waals surface area contributed by atoms with E-state index in [2.05, 4.69) is 10.2 Å². The lowest BCUT2D eigenvalue weighted by molar-refractivity contribution is -0.141. The molecular formula is C27H29ClN4O6. The summed E-state index contributed by atoms with van der Waals surface area (Å²) < 4.78 is 16.2. The molecule has 2 heterocycles. The summed E-state index contributed by atoms with van der Waals surface area (Å²) in [5.41, 5.74) is 1.32. The third-order valence-electron chi connectivity index (χ3n) is 5.80. The summed E-state index contributed by atoms with van der Waals surface area (Å²) in [6.07, 6.45) is 0. The fraction of sp³-hybridized carbons (Fsp3) is 0.370. The Labute approximate surface area is 225 Å². The summed E-state index contributed by atoms with van der Waals surface area (Å²) in [5, 5.41) is 8.39. The van der Waals surface area contributed by atoms with Gasteiger partial charge in [-0.1, -0.05) is 50.6 Å². The molecule has 1 aliphatic rings. The number of esters is 1. The van der Waals surface area contributed by atoms with Crippen LogP contribution in [0, 0.1) is 0 Å². The monoisotopic (exact) mass is 540 g/mol. The van der Waals surface area contributed by atoms with E-state index in [0.29, 0.717) is 23.2 Å². The van der Waals surface area contributed by atoms with E-state index in [1.54, 1.807) is 23.1 Å². The lowest BCUT2D eigenvalue weighted by Gasteiger charge is -2.23. The second-order valence-electron chi connectivity index (χ2n) is 9.85. The highest BCUT2D eigenvalue weighted by atomic mass is 35.5. The summed E-state index contributed by atoms with van der Waals surface area (Å²) in [5.74, 6) is 0.147. The van der Waals surface area contributed by atoms with Crippen molar-refractivity contribution in [3.63, 3.8) is 0 Å². The van der Waals surface area contributed by atoms with Crippen molar-refractivity contribution in [1.82, 2.24) is 15.1 Å². The van der Waals surface area contributed by atoms with Crippen molar-refractivity contribution in [2.75, 3.05) is 24.7 Å². The van der Waals surface area contributed by atoms with E-state index in [9.17, 15) is 14.4 Å². The summed E-state index contributed by atoms with van der Waals surface area (Å²) in [6, 6.07) is 12.0. The van der Waals surface area contributed by atoms with Crippen LogP contribution < -0.4 is 9.64 Å². The second kappa shape index (κ2) is 11.2. The maximum Gasteiger partial charge on any atom is 0.302 e.